The second kappa shape index (κ2) is 4.85. The van der Waals surface area contributed by atoms with Gasteiger partial charge in [-0.25, -0.2) is 13.1 Å². The molecular formula is C7H12N4O3S2. The van der Waals surface area contributed by atoms with Crippen molar-refractivity contribution in [1.29, 1.82) is 0 Å². The second-order valence-electron chi connectivity index (χ2n) is 3.15. The summed E-state index contributed by atoms with van der Waals surface area (Å²) in [4.78, 5) is 3.76. The second-order valence-corrected chi connectivity index (χ2v) is 5.70. The molecule has 1 unspecified atom stereocenters. The molecule has 1 rings (SSSR count). The summed E-state index contributed by atoms with van der Waals surface area (Å²) in [7, 11) is -3.59. The number of sulfonamides is 1. The molecule has 0 aromatic carbocycles. The number of aromatic nitrogens is 2. The van der Waals surface area contributed by atoms with E-state index < -0.39 is 15.3 Å². The molecule has 1 heterocycles. The SMILES string of the molecule is Cc1noc(CNS(=O)(=O)C(C)C(N)=S)n1. The van der Waals surface area contributed by atoms with Crippen molar-refractivity contribution in [2.75, 3.05) is 0 Å². The highest BCUT2D eigenvalue weighted by atomic mass is 32.2. The van der Waals surface area contributed by atoms with Crippen LogP contribution in [0.2, 0.25) is 0 Å². The first-order valence-electron chi connectivity index (χ1n) is 4.40. The van der Waals surface area contributed by atoms with Crippen molar-refractivity contribution in [3.8, 4) is 0 Å². The van der Waals surface area contributed by atoms with Crippen molar-refractivity contribution < 1.29 is 12.9 Å². The highest BCUT2D eigenvalue weighted by Gasteiger charge is 2.23. The zero-order chi connectivity index (χ0) is 12.3. The van der Waals surface area contributed by atoms with Gasteiger partial charge in [0, 0.05) is 0 Å². The Bertz CT molecular complexity index is 482. The molecule has 0 radical (unpaired) electrons. The molecule has 0 saturated carbocycles. The third kappa shape index (κ3) is 3.22. The van der Waals surface area contributed by atoms with Gasteiger partial charge in [0.15, 0.2) is 5.82 Å². The van der Waals surface area contributed by atoms with Crippen LogP contribution >= 0.6 is 12.2 Å². The Morgan fingerprint density at radius 2 is 2.31 bits per heavy atom. The van der Waals surface area contributed by atoms with Crippen LogP contribution in [0.25, 0.3) is 0 Å². The summed E-state index contributed by atoms with van der Waals surface area (Å²) in [6.07, 6.45) is 0. The lowest BCUT2D eigenvalue weighted by atomic mass is 10.5. The minimum Gasteiger partial charge on any atom is -0.392 e. The lowest BCUT2D eigenvalue weighted by Gasteiger charge is -2.10. The molecule has 9 heteroatoms. The van der Waals surface area contributed by atoms with Gasteiger partial charge in [-0.05, 0) is 13.8 Å². The van der Waals surface area contributed by atoms with Gasteiger partial charge in [-0.15, -0.1) is 0 Å². The number of aryl methyl sites for hydroxylation is 1. The maximum atomic E-state index is 11.6. The van der Waals surface area contributed by atoms with E-state index in [-0.39, 0.29) is 17.4 Å². The standard InChI is InChI=1S/C7H12N4O3S2/c1-4(7(8)15)16(12,13)9-3-6-10-5(2)11-14-6/h4,9H,3H2,1-2H3,(H2,8,15). The average molecular weight is 264 g/mol. The van der Waals surface area contributed by atoms with E-state index in [1.165, 1.54) is 6.92 Å². The number of nitrogens with zero attached hydrogens (tertiary/aromatic N) is 2. The molecule has 1 aromatic rings. The fourth-order valence-corrected chi connectivity index (χ4v) is 2.11. The highest BCUT2D eigenvalue weighted by Crippen LogP contribution is 2.01. The van der Waals surface area contributed by atoms with Crippen molar-refractivity contribution in [2.24, 2.45) is 5.73 Å². The van der Waals surface area contributed by atoms with E-state index in [0.717, 1.165) is 0 Å². The molecule has 7 nitrogen and oxygen atoms in total. The number of hydrogen-bond donors (Lipinski definition) is 2. The molecule has 90 valence electrons. The number of nitrogens with two attached hydrogens (primary N) is 1. The van der Waals surface area contributed by atoms with Gasteiger partial charge in [0.2, 0.25) is 15.9 Å². The van der Waals surface area contributed by atoms with Gasteiger partial charge in [-0.1, -0.05) is 17.4 Å². The van der Waals surface area contributed by atoms with Gasteiger partial charge in [0.05, 0.1) is 11.5 Å². The topological polar surface area (TPSA) is 111 Å². The summed E-state index contributed by atoms with van der Waals surface area (Å²) in [6, 6.07) is 0. The molecule has 16 heavy (non-hydrogen) atoms. The Morgan fingerprint density at radius 3 is 2.75 bits per heavy atom. The van der Waals surface area contributed by atoms with E-state index >= 15 is 0 Å². The largest absolute Gasteiger partial charge is 0.392 e. The lowest BCUT2D eigenvalue weighted by Crippen LogP contribution is -2.39. The minimum absolute atomic E-state index is 0.0733. The smallest absolute Gasteiger partial charge is 0.241 e. The Labute approximate surface area is 98.5 Å². The van der Waals surface area contributed by atoms with Gasteiger partial charge < -0.3 is 10.3 Å². The molecule has 0 spiro atoms. The van der Waals surface area contributed by atoms with E-state index in [9.17, 15) is 8.42 Å². The summed E-state index contributed by atoms with van der Waals surface area (Å²) in [5.41, 5.74) is 5.26. The van der Waals surface area contributed by atoms with Crippen LogP contribution in [0.5, 0.6) is 0 Å². The third-order valence-electron chi connectivity index (χ3n) is 1.86. The summed E-state index contributed by atoms with van der Waals surface area (Å²) < 4.78 is 30.2. The maximum absolute atomic E-state index is 11.6. The van der Waals surface area contributed by atoms with Crippen LogP contribution in [0.4, 0.5) is 0 Å². The molecule has 1 aromatic heterocycles. The molecule has 1 atom stereocenters. The van der Waals surface area contributed by atoms with Gasteiger partial charge in [0.25, 0.3) is 0 Å². The Balaban J connectivity index is 2.65. The van der Waals surface area contributed by atoms with Crippen LogP contribution in [0.3, 0.4) is 0 Å². The van der Waals surface area contributed by atoms with Crippen LogP contribution in [0.1, 0.15) is 18.6 Å². The van der Waals surface area contributed by atoms with Gasteiger partial charge >= 0.3 is 0 Å². The lowest BCUT2D eigenvalue weighted by molar-refractivity contribution is 0.372. The summed E-state index contributed by atoms with van der Waals surface area (Å²) in [6.45, 7) is 2.97. The fraction of sp³-hybridized carbons (Fsp3) is 0.571. The van der Waals surface area contributed by atoms with E-state index in [4.69, 9.17) is 10.3 Å². The van der Waals surface area contributed by atoms with E-state index in [2.05, 4.69) is 27.1 Å². The Hall–Kier alpha value is -1.06. The van der Waals surface area contributed by atoms with Gasteiger partial charge in [-0.3, -0.25) is 0 Å². The maximum Gasteiger partial charge on any atom is 0.241 e. The molecule has 0 aliphatic carbocycles. The number of thiocarbonyl (C=S) groups is 1. The van der Waals surface area contributed by atoms with Crippen LogP contribution in [-0.4, -0.2) is 28.8 Å². The zero-order valence-electron chi connectivity index (χ0n) is 8.80. The van der Waals surface area contributed by atoms with Gasteiger partial charge in [-0.2, -0.15) is 4.98 Å². The fourth-order valence-electron chi connectivity index (χ4n) is 0.852. The predicted molar refractivity (Wildman–Crippen MR) is 61.0 cm³/mol. The molecule has 0 bridgehead atoms. The minimum atomic E-state index is -3.59. The molecule has 0 amide bonds. The van der Waals surface area contributed by atoms with Crippen molar-refractivity contribution in [1.82, 2.24) is 14.9 Å². The molecule has 0 aliphatic rings. The predicted octanol–water partition coefficient (Wildman–Crippen LogP) is -0.528. The summed E-state index contributed by atoms with van der Waals surface area (Å²) in [5.74, 6) is 0.632. The molecular weight excluding hydrogens is 252 g/mol. The number of rotatable bonds is 5. The Kier molecular flexibility index (Phi) is 3.94. The van der Waals surface area contributed by atoms with Crippen molar-refractivity contribution in [2.45, 2.75) is 25.6 Å². The van der Waals surface area contributed by atoms with Crippen LogP contribution in [0.15, 0.2) is 4.52 Å². The Morgan fingerprint density at radius 1 is 1.69 bits per heavy atom. The third-order valence-corrected chi connectivity index (χ3v) is 4.09. The van der Waals surface area contributed by atoms with Crippen LogP contribution in [0, 0.1) is 6.92 Å². The molecule has 0 aliphatic heterocycles. The first-order chi connectivity index (χ1) is 7.33. The molecule has 0 saturated heterocycles. The highest BCUT2D eigenvalue weighted by molar-refractivity contribution is 7.93. The quantitative estimate of drug-likeness (QED) is 0.688. The summed E-state index contributed by atoms with van der Waals surface area (Å²) >= 11 is 4.61. The summed E-state index contributed by atoms with van der Waals surface area (Å²) in [5, 5.41) is 2.59. The van der Waals surface area contributed by atoms with Crippen LogP contribution < -0.4 is 10.5 Å². The van der Waals surface area contributed by atoms with Crippen molar-refractivity contribution in [3.05, 3.63) is 11.7 Å². The normalized spacial score (nSPS) is 13.6. The monoisotopic (exact) mass is 264 g/mol. The zero-order valence-corrected chi connectivity index (χ0v) is 10.4. The number of hydrogen-bond acceptors (Lipinski definition) is 6. The first-order valence-corrected chi connectivity index (χ1v) is 6.35. The van der Waals surface area contributed by atoms with E-state index in [1.54, 1.807) is 6.92 Å². The average Bonchev–Trinajstić information content (AvgIpc) is 2.60. The van der Waals surface area contributed by atoms with E-state index in [0.29, 0.717) is 5.82 Å². The van der Waals surface area contributed by atoms with Crippen molar-refractivity contribution >= 4 is 27.2 Å². The van der Waals surface area contributed by atoms with Crippen LogP contribution in [-0.2, 0) is 16.6 Å². The molecule has 3 N–H and O–H groups in total. The van der Waals surface area contributed by atoms with Gasteiger partial charge in [0.1, 0.15) is 5.25 Å². The first kappa shape index (κ1) is 13.0. The van der Waals surface area contributed by atoms with E-state index in [1.807, 2.05) is 0 Å². The number of nitrogens with one attached hydrogen (secondary N) is 1. The van der Waals surface area contributed by atoms with Crippen molar-refractivity contribution in [3.63, 3.8) is 0 Å². The molecule has 0 fully saturated rings.